The summed E-state index contributed by atoms with van der Waals surface area (Å²) in [5, 5.41) is 10.1. The van der Waals surface area contributed by atoms with E-state index in [9.17, 15) is 4.79 Å². The minimum Gasteiger partial charge on any atom is -0.367 e. The number of thiazole rings is 1. The molecule has 0 radical (unpaired) electrons. The van der Waals surface area contributed by atoms with Gasteiger partial charge in [-0.15, -0.1) is 0 Å². The van der Waals surface area contributed by atoms with Gasteiger partial charge in [0.25, 0.3) is 0 Å². The number of unbranched alkanes of at least 4 members (excludes halogenated alkanes) is 1. The zero-order valence-corrected chi connectivity index (χ0v) is 21.0. The van der Waals surface area contributed by atoms with E-state index >= 15 is 0 Å². The first-order valence-corrected chi connectivity index (χ1v) is 13.3. The third-order valence-corrected chi connectivity index (χ3v) is 7.97. The summed E-state index contributed by atoms with van der Waals surface area (Å²) in [5.74, 6) is 0.556. The van der Waals surface area contributed by atoms with Crippen molar-refractivity contribution in [2.45, 2.75) is 39.0 Å². The van der Waals surface area contributed by atoms with E-state index in [2.05, 4.69) is 67.4 Å². The van der Waals surface area contributed by atoms with Gasteiger partial charge in [-0.2, -0.15) is 10.2 Å². The fraction of sp³-hybridized carbons (Fsp3) is 0.407. The average molecular weight is 489 g/mol. The Morgan fingerprint density at radius 3 is 2.71 bits per heavy atom. The molecule has 0 saturated carbocycles. The number of aromatic nitrogens is 4. The monoisotopic (exact) mass is 488 g/mol. The Bertz CT molecular complexity index is 1240. The van der Waals surface area contributed by atoms with Crippen molar-refractivity contribution in [1.82, 2.24) is 20.2 Å². The third-order valence-electron chi connectivity index (χ3n) is 6.88. The van der Waals surface area contributed by atoms with Gasteiger partial charge in [0.05, 0.1) is 29.2 Å². The van der Waals surface area contributed by atoms with Gasteiger partial charge in [-0.1, -0.05) is 49.3 Å². The lowest BCUT2D eigenvalue weighted by Gasteiger charge is -2.35. The van der Waals surface area contributed by atoms with Crippen molar-refractivity contribution in [2.75, 3.05) is 36.0 Å². The summed E-state index contributed by atoms with van der Waals surface area (Å²) >= 11 is 1.54. The fourth-order valence-electron chi connectivity index (χ4n) is 4.91. The minimum absolute atomic E-state index is 0.219. The van der Waals surface area contributed by atoms with E-state index in [0.717, 1.165) is 73.1 Å². The number of rotatable bonds is 10. The van der Waals surface area contributed by atoms with Gasteiger partial charge >= 0.3 is 0 Å². The van der Waals surface area contributed by atoms with Gasteiger partial charge in [-0.25, -0.2) is 4.98 Å². The van der Waals surface area contributed by atoms with Crippen LogP contribution >= 0.6 is 11.3 Å². The second-order valence-corrected chi connectivity index (χ2v) is 10.3. The molecule has 0 aliphatic carbocycles. The molecule has 1 aliphatic rings. The number of H-pyrrole nitrogens is 1. The second kappa shape index (κ2) is 11.0. The van der Waals surface area contributed by atoms with E-state index in [0.29, 0.717) is 12.3 Å². The Morgan fingerprint density at radius 2 is 1.91 bits per heavy atom. The molecular formula is C27H32N6OS. The number of nitrogens with one attached hydrogen (secondary N) is 1. The first-order valence-electron chi connectivity index (χ1n) is 12.5. The zero-order valence-electron chi connectivity index (χ0n) is 20.2. The first-order chi connectivity index (χ1) is 17.2. The SMILES string of the molecule is CCCCC(CC(=O)c1cnc(N2CCN(c3ccnnc3)CC2)s1)Cc1c[nH]c2ccccc12. The quantitative estimate of drug-likeness (QED) is 0.303. The Hall–Kier alpha value is -3.26. The molecule has 1 N–H and O–H groups in total. The van der Waals surface area contributed by atoms with Gasteiger partial charge in [-0.3, -0.25) is 4.79 Å². The molecule has 0 spiro atoms. The number of nitrogens with zero attached hydrogens (tertiary/aromatic N) is 5. The number of Topliss-reactive ketones (excluding diaryl/α,β-unsaturated/α-hetero) is 1. The largest absolute Gasteiger partial charge is 0.367 e. The van der Waals surface area contributed by atoms with Crippen LogP contribution in [0.25, 0.3) is 10.9 Å². The molecule has 182 valence electrons. The van der Waals surface area contributed by atoms with Gasteiger partial charge in [0.15, 0.2) is 10.9 Å². The lowest BCUT2D eigenvalue weighted by molar-refractivity contribution is 0.0962. The highest BCUT2D eigenvalue weighted by Crippen LogP contribution is 2.29. The molecule has 8 heteroatoms. The van der Waals surface area contributed by atoms with Crippen LogP contribution in [-0.2, 0) is 6.42 Å². The van der Waals surface area contributed by atoms with Gasteiger partial charge in [-0.05, 0) is 36.5 Å². The van der Waals surface area contributed by atoms with Crippen molar-refractivity contribution in [1.29, 1.82) is 0 Å². The van der Waals surface area contributed by atoms with Crippen LogP contribution in [0.3, 0.4) is 0 Å². The van der Waals surface area contributed by atoms with Gasteiger partial charge in [0, 0.05) is 49.7 Å². The van der Waals surface area contributed by atoms with E-state index in [1.165, 1.54) is 22.3 Å². The van der Waals surface area contributed by atoms with Gasteiger partial charge < -0.3 is 14.8 Å². The van der Waals surface area contributed by atoms with Crippen molar-refractivity contribution < 1.29 is 4.79 Å². The summed E-state index contributed by atoms with van der Waals surface area (Å²) in [4.78, 5) is 26.6. The molecular weight excluding hydrogens is 456 g/mol. The van der Waals surface area contributed by atoms with Crippen molar-refractivity contribution in [3.8, 4) is 0 Å². The standard InChI is InChI=1S/C27H32N6OS/c1-2-3-6-20(15-21-17-28-24-8-5-4-7-23(21)24)16-25(34)26-19-29-27(35-26)33-13-11-32(12-14-33)22-9-10-30-31-18-22/h4-5,7-10,17-20,28H,2-3,6,11-16H2,1H3. The number of aromatic amines is 1. The number of carbonyl (C=O) groups excluding carboxylic acids is 1. The van der Waals surface area contributed by atoms with Crippen LogP contribution in [0.15, 0.2) is 55.1 Å². The Labute approximate surface area is 210 Å². The van der Waals surface area contributed by atoms with Crippen LogP contribution in [0.1, 0.15) is 47.8 Å². The molecule has 35 heavy (non-hydrogen) atoms. The fourth-order valence-corrected chi connectivity index (χ4v) is 5.83. The van der Waals surface area contributed by atoms with Crippen LogP contribution in [0.2, 0.25) is 0 Å². The zero-order chi connectivity index (χ0) is 24.0. The molecule has 1 saturated heterocycles. The summed E-state index contributed by atoms with van der Waals surface area (Å²) < 4.78 is 0. The molecule has 1 aliphatic heterocycles. The van der Waals surface area contributed by atoms with Crippen LogP contribution in [0, 0.1) is 5.92 Å². The highest BCUT2D eigenvalue weighted by atomic mass is 32.1. The number of benzene rings is 1. The highest BCUT2D eigenvalue weighted by molar-refractivity contribution is 7.17. The Balaban J connectivity index is 1.21. The topological polar surface area (TPSA) is 78.0 Å². The number of carbonyl (C=O) groups is 1. The number of anilines is 2. The summed E-state index contributed by atoms with van der Waals surface area (Å²) in [7, 11) is 0. The summed E-state index contributed by atoms with van der Waals surface area (Å²) in [5.41, 5.74) is 3.57. The van der Waals surface area contributed by atoms with E-state index in [-0.39, 0.29) is 5.78 Å². The summed E-state index contributed by atoms with van der Waals surface area (Å²) in [6, 6.07) is 10.4. The van der Waals surface area contributed by atoms with Crippen LogP contribution in [-0.4, -0.2) is 52.1 Å². The molecule has 0 amide bonds. The number of piperazine rings is 1. The minimum atomic E-state index is 0.219. The molecule has 7 nitrogen and oxygen atoms in total. The maximum Gasteiger partial charge on any atom is 0.186 e. The van der Waals surface area contributed by atoms with Crippen molar-refractivity contribution >= 4 is 38.8 Å². The molecule has 1 unspecified atom stereocenters. The van der Waals surface area contributed by atoms with Crippen molar-refractivity contribution in [2.24, 2.45) is 5.92 Å². The lowest BCUT2D eigenvalue weighted by Crippen LogP contribution is -2.46. The molecule has 5 rings (SSSR count). The van der Waals surface area contributed by atoms with E-state index < -0.39 is 0 Å². The van der Waals surface area contributed by atoms with Crippen LogP contribution in [0.4, 0.5) is 10.8 Å². The first kappa shape index (κ1) is 23.5. The molecule has 3 aromatic heterocycles. The van der Waals surface area contributed by atoms with Crippen molar-refractivity contribution in [3.05, 3.63) is 65.6 Å². The lowest BCUT2D eigenvalue weighted by atomic mass is 9.89. The summed E-state index contributed by atoms with van der Waals surface area (Å²) in [6.07, 6.45) is 12.3. The summed E-state index contributed by atoms with van der Waals surface area (Å²) in [6.45, 7) is 5.77. The van der Waals surface area contributed by atoms with Crippen LogP contribution in [0.5, 0.6) is 0 Å². The van der Waals surface area contributed by atoms with Crippen LogP contribution < -0.4 is 9.80 Å². The maximum absolute atomic E-state index is 13.3. The third kappa shape index (κ3) is 5.53. The van der Waals surface area contributed by atoms with Gasteiger partial charge in [0.2, 0.25) is 0 Å². The van der Waals surface area contributed by atoms with E-state index in [4.69, 9.17) is 0 Å². The van der Waals surface area contributed by atoms with Crippen molar-refractivity contribution in [3.63, 3.8) is 0 Å². The van der Waals surface area contributed by atoms with E-state index in [1.807, 2.05) is 6.07 Å². The number of hydrogen-bond acceptors (Lipinski definition) is 7. The number of hydrogen-bond donors (Lipinski definition) is 1. The number of fused-ring (bicyclic) bond motifs is 1. The molecule has 4 heterocycles. The predicted molar refractivity (Wildman–Crippen MR) is 143 cm³/mol. The smallest absolute Gasteiger partial charge is 0.186 e. The predicted octanol–water partition coefficient (Wildman–Crippen LogP) is 5.36. The number of ketones is 1. The highest BCUT2D eigenvalue weighted by Gasteiger charge is 2.23. The molecule has 1 fully saturated rings. The molecule has 1 aromatic carbocycles. The second-order valence-electron chi connectivity index (χ2n) is 9.28. The Kier molecular flexibility index (Phi) is 7.37. The normalized spacial score (nSPS) is 15.0. The molecule has 4 aromatic rings. The maximum atomic E-state index is 13.3. The van der Waals surface area contributed by atoms with E-state index in [1.54, 1.807) is 18.6 Å². The Morgan fingerprint density at radius 1 is 1.09 bits per heavy atom. The number of para-hydroxylation sites is 1. The average Bonchev–Trinajstić information content (AvgIpc) is 3.56. The molecule has 0 bridgehead atoms. The molecule has 1 atom stereocenters. The van der Waals surface area contributed by atoms with Gasteiger partial charge in [0.1, 0.15) is 0 Å².